The largest absolute Gasteiger partial charge is 0.333 e. The minimum Gasteiger partial charge on any atom is -0.333 e. The predicted molar refractivity (Wildman–Crippen MR) is 96.9 cm³/mol. The second kappa shape index (κ2) is 6.28. The van der Waals surface area contributed by atoms with Gasteiger partial charge in [-0.3, -0.25) is 4.72 Å². The lowest BCUT2D eigenvalue weighted by Crippen LogP contribution is -2.13. The van der Waals surface area contributed by atoms with Gasteiger partial charge >= 0.3 is 0 Å². The molecule has 1 aliphatic carbocycles. The molecule has 10 heteroatoms. The molecule has 6 nitrogen and oxygen atoms in total. The predicted octanol–water partition coefficient (Wildman–Crippen LogP) is 4.78. The molecule has 1 fully saturated rings. The third kappa shape index (κ3) is 3.39. The lowest BCUT2D eigenvalue weighted by molar-refractivity contribution is 0.423. The van der Waals surface area contributed by atoms with Gasteiger partial charge in [-0.2, -0.15) is 4.98 Å². The van der Waals surface area contributed by atoms with Crippen LogP contribution in [0.1, 0.15) is 24.6 Å². The molecule has 0 atom stereocenters. The van der Waals surface area contributed by atoms with Crippen molar-refractivity contribution in [3.05, 3.63) is 45.5 Å². The molecule has 0 unspecified atom stereocenters. The average molecular weight is 416 g/mol. The van der Waals surface area contributed by atoms with Crippen molar-refractivity contribution in [3.63, 3.8) is 0 Å². The van der Waals surface area contributed by atoms with Crippen LogP contribution in [0.3, 0.4) is 0 Å². The van der Waals surface area contributed by atoms with Gasteiger partial charge in [0.2, 0.25) is 0 Å². The fourth-order valence-electron chi connectivity index (χ4n) is 2.27. The molecule has 2 heterocycles. The van der Waals surface area contributed by atoms with Gasteiger partial charge in [-0.15, -0.1) is 11.3 Å². The number of hydrogen-bond acceptors (Lipinski definition) is 6. The quantitative estimate of drug-likeness (QED) is 0.647. The number of aromatic nitrogens is 2. The minimum atomic E-state index is -3.91. The van der Waals surface area contributed by atoms with Gasteiger partial charge in [-0.1, -0.05) is 28.4 Å². The number of benzene rings is 1. The van der Waals surface area contributed by atoms with Gasteiger partial charge in [-0.25, -0.2) is 8.42 Å². The zero-order valence-electron chi connectivity index (χ0n) is 12.6. The molecule has 1 aliphatic rings. The smallest absolute Gasteiger partial charge is 0.270 e. The number of halogens is 2. The first-order valence-electron chi connectivity index (χ1n) is 7.33. The van der Waals surface area contributed by atoms with E-state index in [4.69, 9.17) is 27.7 Å². The van der Waals surface area contributed by atoms with Crippen molar-refractivity contribution in [2.24, 2.45) is 0 Å². The highest BCUT2D eigenvalue weighted by molar-refractivity contribution is 7.92. The van der Waals surface area contributed by atoms with E-state index < -0.39 is 10.0 Å². The van der Waals surface area contributed by atoms with Gasteiger partial charge in [0.05, 0.1) is 10.7 Å². The normalized spacial score (nSPS) is 14.6. The van der Waals surface area contributed by atoms with Crippen molar-refractivity contribution >= 4 is 50.2 Å². The minimum absolute atomic E-state index is 0.0856. The number of sulfonamides is 1. The van der Waals surface area contributed by atoms with Crippen LogP contribution in [-0.2, 0) is 10.0 Å². The summed E-state index contributed by atoms with van der Waals surface area (Å²) in [6.07, 6.45) is 2.10. The summed E-state index contributed by atoms with van der Waals surface area (Å²) in [7, 11) is -3.91. The standard InChI is InChI=1S/C15H11Cl2N3O3S2/c16-9-3-4-10(17)12(7-9)25(21,22)20-11-5-6-24-13(11)15-18-14(19-23-15)8-1-2-8/h3-8,20H,1-2H2. The van der Waals surface area contributed by atoms with Crippen LogP contribution in [0.25, 0.3) is 10.8 Å². The van der Waals surface area contributed by atoms with E-state index in [1.807, 2.05) is 0 Å². The van der Waals surface area contributed by atoms with Crippen molar-refractivity contribution in [1.29, 1.82) is 0 Å². The van der Waals surface area contributed by atoms with E-state index in [0.29, 0.717) is 28.2 Å². The Kier molecular flexibility index (Phi) is 4.23. The van der Waals surface area contributed by atoms with Gasteiger partial charge in [0.15, 0.2) is 5.82 Å². The Morgan fingerprint density at radius 3 is 2.80 bits per heavy atom. The van der Waals surface area contributed by atoms with Crippen molar-refractivity contribution in [2.75, 3.05) is 4.72 Å². The molecule has 1 saturated carbocycles. The molecule has 0 spiro atoms. The summed E-state index contributed by atoms with van der Waals surface area (Å²) in [5, 5.41) is 6.07. The van der Waals surface area contributed by atoms with E-state index in [1.165, 1.54) is 29.5 Å². The Labute approximate surface area is 157 Å². The summed E-state index contributed by atoms with van der Waals surface area (Å²) in [5.41, 5.74) is 0.354. The topological polar surface area (TPSA) is 85.1 Å². The van der Waals surface area contributed by atoms with Crippen molar-refractivity contribution in [2.45, 2.75) is 23.7 Å². The summed E-state index contributed by atoms with van der Waals surface area (Å²) < 4.78 is 33.1. The second-order valence-electron chi connectivity index (χ2n) is 5.58. The van der Waals surface area contributed by atoms with Crippen LogP contribution >= 0.6 is 34.5 Å². The monoisotopic (exact) mass is 415 g/mol. The highest BCUT2D eigenvalue weighted by atomic mass is 35.5. The molecule has 0 radical (unpaired) electrons. The average Bonchev–Trinajstić information content (AvgIpc) is 3.12. The van der Waals surface area contributed by atoms with E-state index in [9.17, 15) is 8.42 Å². The number of hydrogen-bond donors (Lipinski definition) is 1. The Morgan fingerprint density at radius 2 is 2.04 bits per heavy atom. The lowest BCUT2D eigenvalue weighted by Gasteiger charge is -2.09. The molecule has 130 valence electrons. The molecular formula is C15H11Cl2N3O3S2. The van der Waals surface area contributed by atoms with Crippen LogP contribution in [0, 0.1) is 0 Å². The molecule has 0 saturated heterocycles. The van der Waals surface area contributed by atoms with Crippen molar-refractivity contribution < 1.29 is 12.9 Å². The summed E-state index contributed by atoms with van der Waals surface area (Å²) in [5.74, 6) is 1.31. The Bertz CT molecular complexity index is 1040. The van der Waals surface area contributed by atoms with Crippen LogP contribution in [0.2, 0.25) is 10.0 Å². The fraction of sp³-hybridized carbons (Fsp3) is 0.200. The molecule has 0 bridgehead atoms. The Hall–Kier alpha value is -1.61. The summed E-state index contributed by atoms with van der Waals surface area (Å²) in [4.78, 5) is 4.82. The summed E-state index contributed by atoms with van der Waals surface area (Å²) >= 11 is 13.2. The maximum absolute atomic E-state index is 12.7. The molecule has 1 aromatic carbocycles. The van der Waals surface area contributed by atoms with E-state index in [1.54, 1.807) is 11.4 Å². The van der Waals surface area contributed by atoms with Gasteiger partial charge in [0, 0.05) is 10.9 Å². The molecule has 4 rings (SSSR count). The Morgan fingerprint density at radius 1 is 1.24 bits per heavy atom. The van der Waals surface area contributed by atoms with Gasteiger partial charge in [-0.05, 0) is 42.5 Å². The molecule has 25 heavy (non-hydrogen) atoms. The lowest BCUT2D eigenvalue weighted by atomic mass is 10.4. The number of nitrogens with one attached hydrogen (secondary N) is 1. The van der Waals surface area contributed by atoms with Crippen molar-refractivity contribution in [3.8, 4) is 10.8 Å². The van der Waals surface area contributed by atoms with Gasteiger partial charge in [0.1, 0.15) is 9.77 Å². The third-order valence-corrected chi connectivity index (χ3v) is 6.66. The molecule has 0 aliphatic heterocycles. The third-order valence-electron chi connectivity index (χ3n) is 3.67. The number of anilines is 1. The van der Waals surface area contributed by atoms with Crippen LogP contribution in [-0.4, -0.2) is 18.6 Å². The Balaban J connectivity index is 1.67. The number of nitrogens with zero attached hydrogens (tertiary/aromatic N) is 2. The van der Waals surface area contributed by atoms with Gasteiger partial charge < -0.3 is 4.52 Å². The number of thiophene rings is 1. The fourth-order valence-corrected chi connectivity index (χ4v) is 4.94. The first-order chi connectivity index (χ1) is 11.9. The zero-order valence-corrected chi connectivity index (χ0v) is 15.7. The van der Waals surface area contributed by atoms with Crippen molar-refractivity contribution in [1.82, 2.24) is 10.1 Å². The van der Waals surface area contributed by atoms with Gasteiger partial charge in [0.25, 0.3) is 15.9 Å². The van der Waals surface area contributed by atoms with Crippen LogP contribution < -0.4 is 4.72 Å². The van der Waals surface area contributed by atoms with Crippen LogP contribution in [0.5, 0.6) is 0 Å². The second-order valence-corrected chi connectivity index (χ2v) is 8.99. The van der Waals surface area contributed by atoms with E-state index in [2.05, 4.69) is 14.9 Å². The highest BCUT2D eigenvalue weighted by Gasteiger charge is 2.30. The molecule has 1 N–H and O–H groups in total. The molecule has 3 aromatic rings. The first kappa shape index (κ1) is 16.8. The maximum atomic E-state index is 12.7. The molecule has 0 amide bonds. The SMILES string of the molecule is O=S(=O)(Nc1ccsc1-c1nc(C2CC2)no1)c1cc(Cl)ccc1Cl. The summed E-state index contributed by atoms with van der Waals surface area (Å²) in [6, 6.07) is 5.90. The van der Waals surface area contributed by atoms with Crippen LogP contribution in [0.4, 0.5) is 5.69 Å². The van der Waals surface area contributed by atoms with E-state index in [-0.39, 0.29) is 14.9 Å². The van der Waals surface area contributed by atoms with E-state index >= 15 is 0 Å². The molecule has 2 aromatic heterocycles. The number of rotatable bonds is 5. The van der Waals surface area contributed by atoms with E-state index in [0.717, 1.165) is 12.8 Å². The highest BCUT2D eigenvalue weighted by Crippen LogP contribution is 2.41. The molecular weight excluding hydrogens is 405 g/mol. The maximum Gasteiger partial charge on any atom is 0.270 e. The zero-order chi connectivity index (χ0) is 17.6. The van der Waals surface area contributed by atoms with Crippen LogP contribution in [0.15, 0.2) is 39.1 Å². The summed E-state index contributed by atoms with van der Waals surface area (Å²) in [6.45, 7) is 0. The first-order valence-corrected chi connectivity index (χ1v) is 10.5.